The first-order valence-electron chi connectivity index (χ1n) is 6.02. The van der Waals surface area contributed by atoms with Crippen LogP contribution in [0.15, 0.2) is 18.2 Å². The van der Waals surface area contributed by atoms with Gasteiger partial charge in [0.15, 0.2) is 0 Å². The number of rotatable bonds is 3. The van der Waals surface area contributed by atoms with Crippen molar-refractivity contribution < 1.29 is 10.2 Å². The SMILES string of the molecule is CC(NC1CCSCC1)c1cc(O)ccc1O. The maximum Gasteiger partial charge on any atom is 0.120 e. The Morgan fingerprint density at radius 2 is 2.00 bits per heavy atom. The molecule has 3 nitrogen and oxygen atoms in total. The van der Waals surface area contributed by atoms with Crippen molar-refractivity contribution in [3.8, 4) is 11.5 Å². The number of hydrogen-bond acceptors (Lipinski definition) is 4. The Kier molecular flexibility index (Phi) is 4.18. The zero-order valence-electron chi connectivity index (χ0n) is 10.0. The Bertz CT molecular complexity index is 378. The minimum absolute atomic E-state index is 0.0650. The van der Waals surface area contributed by atoms with Gasteiger partial charge in [0.25, 0.3) is 0 Å². The number of phenols is 2. The first-order valence-corrected chi connectivity index (χ1v) is 7.18. The Balaban J connectivity index is 2.02. The van der Waals surface area contributed by atoms with E-state index in [9.17, 15) is 10.2 Å². The van der Waals surface area contributed by atoms with Crippen LogP contribution < -0.4 is 5.32 Å². The fraction of sp³-hybridized carbons (Fsp3) is 0.538. The highest BCUT2D eigenvalue weighted by Gasteiger charge is 2.18. The molecule has 0 bridgehead atoms. The maximum absolute atomic E-state index is 9.78. The zero-order chi connectivity index (χ0) is 12.3. The van der Waals surface area contributed by atoms with Gasteiger partial charge in [0, 0.05) is 17.6 Å². The van der Waals surface area contributed by atoms with Gasteiger partial charge in [-0.3, -0.25) is 0 Å². The molecule has 0 saturated carbocycles. The Labute approximate surface area is 106 Å². The van der Waals surface area contributed by atoms with Gasteiger partial charge < -0.3 is 15.5 Å². The minimum Gasteiger partial charge on any atom is -0.508 e. The molecular weight excluding hydrogens is 234 g/mol. The number of phenolic OH excluding ortho intramolecular Hbond substituents is 2. The van der Waals surface area contributed by atoms with E-state index in [0.717, 1.165) is 5.56 Å². The van der Waals surface area contributed by atoms with Gasteiger partial charge in [0.1, 0.15) is 11.5 Å². The number of nitrogens with one attached hydrogen (secondary N) is 1. The average Bonchev–Trinajstić information content (AvgIpc) is 2.33. The smallest absolute Gasteiger partial charge is 0.120 e. The minimum atomic E-state index is 0.0650. The van der Waals surface area contributed by atoms with E-state index in [0.29, 0.717) is 6.04 Å². The first-order chi connectivity index (χ1) is 8.16. The second-order valence-corrected chi connectivity index (χ2v) is 5.74. The lowest BCUT2D eigenvalue weighted by molar-refractivity contribution is 0.406. The molecule has 0 amide bonds. The molecule has 1 atom stereocenters. The summed E-state index contributed by atoms with van der Waals surface area (Å²) in [4.78, 5) is 0. The normalized spacial score (nSPS) is 19.1. The van der Waals surface area contributed by atoms with Crippen molar-refractivity contribution in [2.45, 2.75) is 31.8 Å². The largest absolute Gasteiger partial charge is 0.508 e. The van der Waals surface area contributed by atoms with Crippen LogP contribution in [-0.4, -0.2) is 27.8 Å². The summed E-state index contributed by atoms with van der Waals surface area (Å²) in [5.74, 6) is 2.85. The van der Waals surface area contributed by atoms with Crippen LogP contribution in [0.2, 0.25) is 0 Å². The van der Waals surface area contributed by atoms with Gasteiger partial charge >= 0.3 is 0 Å². The molecule has 1 unspecified atom stereocenters. The fourth-order valence-electron chi connectivity index (χ4n) is 2.20. The molecule has 1 aromatic rings. The van der Waals surface area contributed by atoms with E-state index >= 15 is 0 Å². The number of aromatic hydroxyl groups is 2. The summed E-state index contributed by atoms with van der Waals surface area (Å²) in [6.45, 7) is 2.02. The summed E-state index contributed by atoms with van der Waals surface area (Å²) in [6, 6.07) is 5.26. The molecule has 2 rings (SSSR count). The molecule has 4 heteroatoms. The van der Waals surface area contributed by atoms with Crippen molar-refractivity contribution in [3.05, 3.63) is 23.8 Å². The molecule has 0 aliphatic carbocycles. The maximum atomic E-state index is 9.78. The van der Waals surface area contributed by atoms with Crippen molar-refractivity contribution in [1.29, 1.82) is 0 Å². The zero-order valence-corrected chi connectivity index (χ0v) is 10.8. The van der Waals surface area contributed by atoms with E-state index in [1.165, 1.54) is 30.4 Å². The van der Waals surface area contributed by atoms with E-state index < -0.39 is 0 Å². The van der Waals surface area contributed by atoms with Gasteiger partial charge in [-0.25, -0.2) is 0 Å². The van der Waals surface area contributed by atoms with Gasteiger partial charge in [-0.1, -0.05) is 0 Å². The predicted molar refractivity (Wildman–Crippen MR) is 71.7 cm³/mol. The summed E-state index contributed by atoms with van der Waals surface area (Å²) in [7, 11) is 0. The van der Waals surface area contributed by atoms with E-state index in [1.807, 2.05) is 18.7 Å². The van der Waals surface area contributed by atoms with E-state index in [-0.39, 0.29) is 17.5 Å². The molecule has 1 aromatic carbocycles. The van der Waals surface area contributed by atoms with E-state index in [1.54, 1.807) is 12.1 Å². The summed E-state index contributed by atoms with van der Waals surface area (Å²) >= 11 is 2.00. The van der Waals surface area contributed by atoms with Crippen LogP contribution in [0.3, 0.4) is 0 Å². The number of thioether (sulfide) groups is 1. The highest BCUT2D eigenvalue weighted by atomic mass is 32.2. The molecule has 1 saturated heterocycles. The lowest BCUT2D eigenvalue weighted by atomic mass is 10.0. The summed E-state index contributed by atoms with van der Waals surface area (Å²) in [6.07, 6.45) is 2.35. The lowest BCUT2D eigenvalue weighted by Gasteiger charge is -2.27. The molecular formula is C13H19NO2S. The van der Waals surface area contributed by atoms with Gasteiger partial charge in [0.05, 0.1) is 0 Å². The highest BCUT2D eigenvalue weighted by molar-refractivity contribution is 7.99. The molecule has 1 aliphatic heterocycles. The monoisotopic (exact) mass is 253 g/mol. The second-order valence-electron chi connectivity index (χ2n) is 4.52. The summed E-state index contributed by atoms with van der Waals surface area (Å²) in [5, 5.41) is 22.7. The Morgan fingerprint density at radius 3 is 2.71 bits per heavy atom. The average molecular weight is 253 g/mol. The van der Waals surface area contributed by atoms with Gasteiger partial charge in [-0.15, -0.1) is 0 Å². The van der Waals surface area contributed by atoms with Crippen LogP contribution in [-0.2, 0) is 0 Å². The van der Waals surface area contributed by atoms with Crippen LogP contribution in [0.25, 0.3) is 0 Å². The lowest BCUT2D eigenvalue weighted by Crippen LogP contribution is -2.34. The third kappa shape index (κ3) is 3.30. The van der Waals surface area contributed by atoms with Crippen LogP contribution >= 0.6 is 11.8 Å². The third-order valence-electron chi connectivity index (χ3n) is 3.18. The molecule has 0 radical (unpaired) electrons. The van der Waals surface area contributed by atoms with Gasteiger partial charge in [0.2, 0.25) is 0 Å². The van der Waals surface area contributed by atoms with Crippen molar-refractivity contribution >= 4 is 11.8 Å². The first kappa shape index (κ1) is 12.6. The third-order valence-corrected chi connectivity index (χ3v) is 4.23. The van der Waals surface area contributed by atoms with Crippen molar-refractivity contribution in [2.24, 2.45) is 0 Å². The van der Waals surface area contributed by atoms with Crippen LogP contribution in [0.1, 0.15) is 31.4 Å². The molecule has 94 valence electrons. The van der Waals surface area contributed by atoms with Gasteiger partial charge in [-0.05, 0) is 49.5 Å². The van der Waals surface area contributed by atoms with E-state index in [4.69, 9.17) is 0 Å². The highest BCUT2D eigenvalue weighted by Crippen LogP contribution is 2.29. The summed E-state index contributed by atoms with van der Waals surface area (Å²) in [5.41, 5.74) is 0.767. The van der Waals surface area contributed by atoms with Gasteiger partial charge in [-0.2, -0.15) is 11.8 Å². The molecule has 0 aromatic heterocycles. The topological polar surface area (TPSA) is 52.5 Å². The summed E-state index contributed by atoms with van der Waals surface area (Å²) < 4.78 is 0. The van der Waals surface area contributed by atoms with Crippen LogP contribution in [0, 0.1) is 0 Å². The fourth-order valence-corrected chi connectivity index (χ4v) is 3.30. The quantitative estimate of drug-likeness (QED) is 0.725. The van der Waals surface area contributed by atoms with Crippen molar-refractivity contribution in [3.63, 3.8) is 0 Å². The standard InChI is InChI=1S/C13H19NO2S/c1-9(14-10-4-6-17-7-5-10)12-8-11(15)2-3-13(12)16/h2-3,8-10,14-16H,4-7H2,1H3. The predicted octanol–water partition coefficient (Wildman–Crippen LogP) is 2.64. The number of benzene rings is 1. The Morgan fingerprint density at radius 1 is 1.29 bits per heavy atom. The molecule has 1 heterocycles. The second kappa shape index (κ2) is 5.65. The molecule has 1 fully saturated rings. The van der Waals surface area contributed by atoms with Crippen molar-refractivity contribution in [2.75, 3.05) is 11.5 Å². The number of hydrogen-bond donors (Lipinski definition) is 3. The molecule has 0 spiro atoms. The van der Waals surface area contributed by atoms with Crippen LogP contribution in [0.5, 0.6) is 11.5 Å². The van der Waals surface area contributed by atoms with Crippen molar-refractivity contribution in [1.82, 2.24) is 5.32 Å². The van der Waals surface area contributed by atoms with E-state index in [2.05, 4.69) is 5.32 Å². The molecule has 17 heavy (non-hydrogen) atoms. The molecule has 1 aliphatic rings. The Hall–Kier alpha value is -0.870. The molecule has 3 N–H and O–H groups in total. The van der Waals surface area contributed by atoms with Crippen LogP contribution in [0.4, 0.5) is 0 Å².